The van der Waals surface area contributed by atoms with Crippen LogP contribution in [0.2, 0.25) is 0 Å². The highest BCUT2D eigenvalue weighted by atomic mass is 16.3. The molecule has 1 aromatic rings. The monoisotopic (exact) mass is 162 g/mol. The molecule has 0 saturated carbocycles. The van der Waals surface area contributed by atoms with Gasteiger partial charge in [-0.2, -0.15) is 0 Å². The van der Waals surface area contributed by atoms with Crippen LogP contribution in [0.1, 0.15) is 5.56 Å². The molecular formula is C10H10O2. The van der Waals surface area contributed by atoms with Gasteiger partial charge in [-0.05, 0) is 23.8 Å². The van der Waals surface area contributed by atoms with Crippen molar-refractivity contribution < 1.29 is 10.2 Å². The molecule has 2 nitrogen and oxygen atoms in total. The molecule has 0 aliphatic heterocycles. The number of phenols is 1. The van der Waals surface area contributed by atoms with Gasteiger partial charge in [-0.15, -0.1) is 0 Å². The molecule has 0 aliphatic rings. The summed E-state index contributed by atoms with van der Waals surface area (Å²) in [5.74, 6) is 0.207. The summed E-state index contributed by atoms with van der Waals surface area (Å²) in [7, 11) is 0. The van der Waals surface area contributed by atoms with Crippen LogP contribution >= 0.6 is 0 Å². The number of benzene rings is 1. The fourth-order valence-corrected chi connectivity index (χ4v) is 0.821. The van der Waals surface area contributed by atoms with Gasteiger partial charge in [-0.25, -0.2) is 0 Å². The number of rotatable bonds is 2. The number of allylic oxidation sites excluding steroid dienone is 1. The number of aliphatic hydroxyl groups excluding tert-OH is 1. The first-order valence-corrected chi connectivity index (χ1v) is 3.53. The second kappa shape index (κ2) is 3.62. The molecule has 0 spiro atoms. The van der Waals surface area contributed by atoms with E-state index in [9.17, 15) is 0 Å². The van der Waals surface area contributed by atoms with Gasteiger partial charge in [0, 0.05) is 0 Å². The van der Waals surface area contributed by atoms with Gasteiger partial charge in [0.1, 0.15) is 11.5 Å². The quantitative estimate of drug-likeness (QED) is 0.518. The third kappa shape index (κ3) is 2.50. The number of hydrogen-bond acceptors (Lipinski definition) is 2. The molecule has 0 saturated heterocycles. The Balaban J connectivity index is 2.83. The standard InChI is InChI=1S/C10H10O2/c1-8(11)5-6-9-3-2-4-10(12)7-9/h2-7,11-12H,1H2/b6-5+. The minimum atomic E-state index is -0.00153. The van der Waals surface area contributed by atoms with Crippen LogP contribution in [-0.2, 0) is 0 Å². The van der Waals surface area contributed by atoms with Crippen LogP contribution in [0.15, 0.2) is 42.7 Å². The predicted molar refractivity (Wildman–Crippen MR) is 48.9 cm³/mol. The summed E-state index contributed by atoms with van der Waals surface area (Å²) >= 11 is 0. The average molecular weight is 162 g/mol. The Hall–Kier alpha value is -1.70. The SMILES string of the molecule is C=C(O)/C=C/c1cccc(O)c1. The second-order valence-corrected chi connectivity index (χ2v) is 2.42. The minimum absolute atomic E-state index is 0.00153. The lowest BCUT2D eigenvalue weighted by atomic mass is 10.2. The largest absolute Gasteiger partial charge is 0.509 e. The zero-order valence-corrected chi connectivity index (χ0v) is 6.57. The lowest BCUT2D eigenvalue weighted by Crippen LogP contribution is -1.72. The van der Waals surface area contributed by atoms with Gasteiger partial charge in [0.2, 0.25) is 0 Å². The van der Waals surface area contributed by atoms with E-state index in [0.29, 0.717) is 0 Å². The summed E-state index contributed by atoms with van der Waals surface area (Å²) in [5, 5.41) is 17.8. The molecule has 0 unspecified atom stereocenters. The molecule has 12 heavy (non-hydrogen) atoms. The van der Waals surface area contributed by atoms with Gasteiger partial charge in [0.25, 0.3) is 0 Å². The Kier molecular flexibility index (Phi) is 2.53. The van der Waals surface area contributed by atoms with Gasteiger partial charge in [0.05, 0.1) is 0 Å². The molecule has 62 valence electrons. The second-order valence-electron chi connectivity index (χ2n) is 2.42. The van der Waals surface area contributed by atoms with E-state index in [1.54, 1.807) is 24.3 Å². The molecular weight excluding hydrogens is 152 g/mol. The van der Waals surface area contributed by atoms with Crippen molar-refractivity contribution in [1.82, 2.24) is 0 Å². The van der Waals surface area contributed by atoms with Gasteiger partial charge in [0.15, 0.2) is 0 Å². The first-order chi connectivity index (χ1) is 5.68. The molecule has 1 rings (SSSR count). The number of aliphatic hydroxyl groups is 1. The van der Waals surface area contributed by atoms with E-state index in [4.69, 9.17) is 10.2 Å². The van der Waals surface area contributed by atoms with Crippen LogP contribution < -0.4 is 0 Å². The lowest BCUT2D eigenvalue weighted by molar-refractivity contribution is 0.436. The maximum Gasteiger partial charge on any atom is 0.116 e. The van der Waals surface area contributed by atoms with Crippen LogP contribution in [0.25, 0.3) is 6.08 Å². The molecule has 2 heteroatoms. The molecule has 0 amide bonds. The molecule has 0 aliphatic carbocycles. The van der Waals surface area contributed by atoms with E-state index >= 15 is 0 Å². The molecule has 0 atom stereocenters. The normalized spacial score (nSPS) is 10.3. The van der Waals surface area contributed by atoms with Crippen LogP contribution in [0.5, 0.6) is 5.75 Å². The first kappa shape index (κ1) is 8.40. The van der Waals surface area contributed by atoms with Crippen molar-refractivity contribution in [2.75, 3.05) is 0 Å². The van der Waals surface area contributed by atoms with Crippen molar-refractivity contribution in [3.63, 3.8) is 0 Å². The van der Waals surface area contributed by atoms with Gasteiger partial charge < -0.3 is 10.2 Å². The van der Waals surface area contributed by atoms with Crippen molar-refractivity contribution in [2.24, 2.45) is 0 Å². The van der Waals surface area contributed by atoms with E-state index in [1.165, 1.54) is 6.08 Å². The highest BCUT2D eigenvalue weighted by Gasteiger charge is 1.88. The smallest absolute Gasteiger partial charge is 0.116 e. The van der Waals surface area contributed by atoms with Crippen molar-refractivity contribution >= 4 is 6.08 Å². The predicted octanol–water partition coefficient (Wildman–Crippen LogP) is 2.48. The topological polar surface area (TPSA) is 40.5 Å². The maximum absolute atomic E-state index is 9.06. The highest BCUT2D eigenvalue weighted by Crippen LogP contribution is 2.12. The Morgan fingerprint density at radius 1 is 1.42 bits per heavy atom. The van der Waals surface area contributed by atoms with Crippen molar-refractivity contribution in [3.05, 3.63) is 48.2 Å². The summed E-state index contributed by atoms with van der Waals surface area (Å²) in [4.78, 5) is 0. The molecule has 0 aromatic heterocycles. The third-order valence-corrected chi connectivity index (χ3v) is 1.34. The zero-order chi connectivity index (χ0) is 8.97. The van der Waals surface area contributed by atoms with E-state index in [2.05, 4.69) is 6.58 Å². The zero-order valence-electron chi connectivity index (χ0n) is 6.57. The minimum Gasteiger partial charge on any atom is -0.509 e. The molecule has 2 N–H and O–H groups in total. The van der Waals surface area contributed by atoms with Crippen LogP contribution in [0.3, 0.4) is 0 Å². The van der Waals surface area contributed by atoms with E-state index in [1.807, 2.05) is 6.07 Å². The fraction of sp³-hybridized carbons (Fsp3) is 0. The van der Waals surface area contributed by atoms with Crippen molar-refractivity contribution in [3.8, 4) is 5.75 Å². The average Bonchev–Trinajstić information content (AvgIpc) is 2.01. The Morgan fingerprint density at radius 3 is 2.75 bits per heavy atom. The summed E-state index contributed by atoms with van der Waals surface area (Å²) in [6, 6.07) is 6.73. The van der Waals surface area contributed by atoms with Crippen molar-refractivity contribution in [1.29, 1.82) is 0 Å². The summed E-state index contributed by atoms with van der Waals surface area (Å²) in [6.45, 7) is 3.30. The summed E-state index contributed by atoms with van der Waals surface area (Å²) in [6.07, 6.45) is 3.14. The number of phenolic OH excluding ortho intramolecular Hbond substituents is 1. The molecule has 0 heterocycles. The van der Waals surface area contributed by atoms with Crippen LogP contribution in [0, 0.1) is 0 Å². The Morgan fingerprint density at radius 2 is 2.17 bits per heavy atom. The molecule has 0 radical (unpaired) electrons. The van der Waals surface area contributed by atoms with Gasteiger partial charge in [-0.1, -0.05) is 24.8 Å². The Bertz CT molecular complexity index is 313. The third-order valence-electron chi connectivity index (χ3n) is 1.34. The lowest BCUT2D eigenvalue weighted by Gasteiger charge is -1.93. The van der Waals surface area contributed by atoms with E-state index in [0.717, 1.165) is 5.56 Å². The maximum atomic E-state index is 9.06. The Labute approximate surface area is 71.1 Å². The van der Waals surface area contributed by atoms with Gasteiger partial charge in [-0.3, -0.25) is 0 Å². The fourth-order valence-electron chi connectivity index (χ4n) is 0.821. The molecule has 1 aromatic carbocycles. The van der Waals surface area contributed by atoms with Crippen molar-refractivity contribution in [2.45, 2.75) is 0 Å². The molecule has 0 bridgehead atoms. The number of aromatic hydroxyl groups is 1. The van der Waals surface area contributed by atoms with E-state index < -0.39 is 0 Å². The highest BCUT2D eigenvalue weighted by molar-refractivity contribution is 5.53. The van der Waals surface area contributed by atoms with E-state index in [-0.39, 0.29) is 11.5 Å². The van der Waals surface area contributed by atoms with Crippen LogP contribution in [0.4, 0.5) is 0 Å². The summed E-state index contributed by atoms with van der Waals surface area (Å²) in [5.41, 5.74) is 0.824. The number of hydrogen-bond donors (Lipinski definition) is 2. The van der Waals surface area contributed by atoms with Gasteiger partial charge >= 0.3 is 0 Å². The van der Waals surface area contributed by atoms with Crippen LogP contribution in [-0.4, -0.2) is 10.2 Å². The first-order valence-electron chi connectivity index (χ1n) is 3.53. The summed E-state index contributed by atoms with van der Waals surface area (Å²) < 4.78 is 0. The molecule has 0 fully saturated rings.